The largest absolute Gasteiger partial charge is 0.494 e. The number of carbonyl (C=O) groups excluding carboxylic acids is 1. The van der Waals surface area contributed by atoms with Crippen molar-refractivity contribution < 1.29 is 9.53 Å². The summed E-state index contributed by atoms with van der Waals surface area (Å²) in [5, 5.41) is 10.2. The zero-order valence-electron chi connectivity index (χ0n) is 20.1. The number of nitrogens with zero attached hydrogens (tertiary/aromatic N) is 3. The molecule has 0 saturated heterocycles. The lowest BCUT2D eigenvalue weighted by atomic mass is 9.92. The Labute approximate surface area is 193 Å². The van der Waals surface area contributed by atoms with Gasteiger partial charge in [-0.15, -0.1) is 0 Å². The first kappa shape index (κ1) is 24.0. The lowest BCUT2D eigenvalue weighted by molar-refractivity contribution is 0.262. The van der Waals surface area contributed by atoms with Crippen LogP contribution in [0.3, 0.4) is 0 Å². The first-order valence-corrected chi connectivity index (χ1v) is 11.1. The van der Waals surface area contributed by atoms with Gasteiger partial charge in [0, 0.05) is 28.4 Å². The highest BCUT2D eigenvalue weighted by atomic mass is 16.5. The number of hydrogen-bond donors (Lipinski definition) is 3. The summed E-state index contributed by atoms with van der Waals surface area (Å²) in [5.41, 5.74) is 1.98. The molecule has 0 atom stereocenters. The molecule has 0 fully saturated rings. The standard InChI is InChI=1S/C24H32N6O3/c1-7-8-13-33-18-11-9-17(10-12-18)26-23(32)27-20-14-19(24(4,5)6)29-30(20)22-25-16(3)15(2)21(31)28-22/h9-12,14H,7-8,13H2,1-6H3,(H,25,28,31)(H2,26,27,32). The van der Waals surface area contributed by atoms with Gasteiger partial charge in [0.1, 0.15) is 11.6 Å². The summed E-state index contributed by atoms with van der Waals surface area (Å²) in [4.78, 5) is 32.2. The predicted octanol–water partition coefficient (Wildman–Crippen LogP) is 4.69. The van der Waals surface area contributed by atoms with Crippen LogP contribution in [0.25, 0.3) is 5.95 Å². The summed E-state index contributed by atoms with van der Waals surface area (Å²) in [6, 6.07) is 8.53. The Bertz CT molecular complexity index is 1170. The van der Waals surface area contributed by atoms with Crippen LogP contribution in [0.2, 0.25) is 0 Å². The Hall–Kier alpha value is -3.62. The second-order valence-corrected chi connectivity index (χ2v) is 8.98. The monoisotopic (exact) mass is 452 g/mol. The number of ether oxygens (including phenoxy) is 1. The summed E-state index contributed by atoms with van der Waals surface area (Å²) in [7, 11) is 0. The average Bonchev–Trinajstić information content (AvgIpc) is 3.17. The number of carbonyl (C=O) groups is 1. The summed E-state index contributed by atoms with van der Waals surface area (Å²) in [6.45, 7) is 12.3. The number of aromatic nitrogens is 4. The van der Waals surface area contributed by atoms with E-state index in [1.165, 1.54) is 4.68 Å². The summed E-state index contributed by atoms with van der Waals surface area (Å²) in [6.07, 6.45) is 2.06. The van der Waals surface area contributed by atoms with Gasteiger partial charge in [-0.25, -0.2) is 9.78 Å². The first-order chi connectivity index (χ1) is 15.6. The molecule has 3 rings (SSSR count). The molecule has 3 N–H and O–H groups in total. The molecule has 9 heteroatoms. The lowest BCUT2D eigenvalue weighted by Crippen LogP contribution is -2.23. The van der Waals surface area contributed by atoms with Gasteiger partial charge >= 0.3 is 6.03 Å². The normalized spacial score (nSPS) is 11.3. The zero-order chi connectivity index (χ0) is 24.2. The third-order valence-electron chi connectivity index (χ3n) is 5.18. The molecule has 2 aromatic heterocycles. The van der Waals surface area contributed by atoms with Crippen molar-refractivity contribution in [2.75, 3.05) is 17.2 Å². The molecule has 3 aromatic rings. The molecule has 9 nitrogen and oxygen atoms in total. The van der Waals surface area contributed by atoms with Gasteiger partial charge in [0.05, 0.1) is 12.3 Å². The van der Waals surface area contributed by atoms with Crippen molar-refractivity contribution >= 4 is 17.5 Å². The number of benzene rings is 1. The van der Waals surface area contributed by atoms with Crippen molar-refractivity contribution in [3.05, 3.63) is 57.6 Å². The molecule has 0 saturated carbocycles. The number of rotatable bonds is 7. The number of unbranched alkanes of at least 4 members (excludes halogenated alkanes) is 1. The van der Waals surface area contributed by atoms with E-state index in [0.29, 0.717) is 29.4 Å². The van der Waals surface area contributed by atoms with Crippen molar-refractivity contribution in [2.24, 2.45) is 0 Å². The molecule has 0 aliphatic carbocycles. The van der Waals surface area contributed by atoms with E-state index in [4.69, 9.17) is 4.74 Å². The molecule has 1 aromatic carbocycles. The average molecular weight is 453 g/mol. The highest BCUT2D eigenvalue weighted by molar-refractivity contribution is 5.99. The van der Waals surface area contributed by atoms with Crippen LogP contribution in [0.4, 0.5) is 16.3 Å². The number of H-pyrrole nitrogens is 1. The van der Waals surface area contributed by atoms with E-state index < -0.39 is 6.03 Å². The van der Waals surface area contributed by atoms with Crippen molar-refractivity contribution in [3.63, 3.8) is 0 Å². The minimum Gasteiger partial charge on any atom is -0.494 e. The second-order valence-electron chi connectivity index (χ2n) is 8.98. The number of anilines is 2. The molecule has 2 heterocycles. The Morgan fingerprint density at radius 3 is 2.45 bits per heavy atom. The van der Waals surface area contributed by atoms with Crippen LogP contribution >= 0.6 is 0 Å². The van der Waals surface area contributed by atoms with Crippen molar-refractivity contribution in [1.82, 2.24) is 19.7 Å². The summed E-state index contributed by atoms with van der Waals surface area (Å²) >= 11 is 0. The van der Waals surface area contributed by atoms with Gasteiger partial charge in [0.15, 0.2) is 0 Å². The Morgan fingerprint density at radius 1 is 1.15 bits per heavy atom. The van der Waals surface area contributed by atoms with E-state index in [2.05, 4.69) is 32.6 Å². The summed E-state index contributed by atoms with van der Waals surface area (Å²) < 4.78 is 7.10. The molecule has 0 radical (unpaired) electrons. The van der Waals surface area contributed by atoms with Crippen LogP contribution in [0.1, 0.15) is 57.5 Å². The number of aryl methyl sites for hydroxylation is 1. The molecular weight excluding hydrogens is 420 g/mol. The maximum absolute atomic E-state index is 12.7. The molecule has 33 heavy (non-hydrogen) atoms. The van der Waals surface area contributed by atoms with Gasteiger partial charge in [0.2, 0.25) is 5.95 Å². The van der Waals surface area contributed by atoms with Crippen LogP contribution in [0, 0.1) is 13.8 Å². The van der Waals surface area contributed by atoms with Crippen LogP contribution in [0.15, 0.2) is 35.1 Å². The van der Waals surface area contributed by atoms with Gasteiger partial charge in [-0.3, -0.25) is 15.1 Å². The smallest absolute Gasteiger partial charge is 0.324 e. The molecule has 0 bridgehead atoms. The lowest BCUT2D eigenvalue weighted by Gasteiger charge is -2.14. The van der Waals surface area contributed by atoms with Crippen LogP contribution in [-0.2, 0) is 5.41 Å². The number of urea groups is 1. The van der Waals surface area contributed by atoms with Crippen LogP contribution in [0.5, 0.6) is 5.75 Å². The maximum atomic E-state index is 12.7. The first-order valence-electron chi connectivity index (χ1n) is 11.1. The van der Waals surface area contributed by atoms with Gasteiger partial charge in [-0.1, -0.05) is 34.1 Å². The van der Waals surface area contributed by atoms with E-state index in [9.17, 15) is 9.59 Å². The molecule has 0 aliphatic heterocycles. The number of amides is 2. The summed E-state index contributed by atoms with van der Waals surface area (Å²) in [5.74, 6) is 1.39. The van der Waals surface area contributed by atoms with Crippen LogP contribution < -0.4 is 20.9 Å². The Morgan fingerprint density at radius 2 is 1.85 bits per heavy atom. The van der Waals surface area contributed by atoms with E-state index >= 15 is 0 Å². The highest BCUT2D eigenvalue weighted by Gasteiger charge is 2.22. The minimum absolute atomic E-state index is 0.238. The Kier molecular flexibility index (Phi) is 7.20. The molecular formula is C24H32N6O3. The van der Waals surface area contributed by atoms with Gasteiger partial charge in [0.25, 0.3) is 5.56 Å². The van der Waals surface area contributed by atoms with E-state index in [0.717, 1.165) is 24.3 Å². The van der Waals surface area contributed by atoms with Crippen molar-refractivity contribution in [2.45, 2.75) is 59.8 Å². The van der Waals surface area contributed by atoms with Crippen molar-refractivity contribution in [3.8, 4) is 11.7 Å². The molecule has 176 valence electrons. The quantitative estimate of drug-likeness (QED) is 0.450. The SMILES string of the molecule is CCCCOc1ccc(NC(=O)Nc2cc(C(C)(C)C)nn2-c2nc(C)c(C)c(=O)[nH]2)cc1. The third-order valence-corrected chi connectivity index (χ3v) is 5.18. The van der Waals surface area contributed by atoms with E-state index in [-0.39, 0.29) is 16.9 Å². The number of aromatic amines is 1. The maximum Gasteiger partial charge on any atom is 0.324 e. The molecule has 0 aliphatic rings. The zero-order valence-corrected chi connectivity index (χ0v) is 20.1. The molecule has 0 unspecified atom stereocenters. The number of nitrogens with one attached hydrogen (secondary N) is 3. The fourth-order valence-electron chi connectivity index (χ4n) is 2.98. The van der Waals surface area contributed by atoms with Crippen molar-refractivity contribution in [1.29, 1.82) is 0 Å². The van der Waals surface area contributed by atoms with E-state index in [1.54, 1.807) is 32.0 Å². The topological polar surface area (TPSA) is 114 Å². The molecule has 2 amide bonds. The minimum atomic E-state index is -0.442. The van der Waals surface area contributed by atoms with Gasteiger partial charge in [-0.05, 0) is 44.5 Å². The number of hydrogen-bond acceptors (Lipinski definition) is 5. The van der Waals surface area contributed by atoms with E-state index in [1.807, 2.05) is 32.9 Å². The molecule has 0 spiro atoms. The fourth-order valence-corrected chi connectivity index (χ4v) is 2.98. The highest BCUT2D eigenvalue weighted by Crippen LogP contribution is 2.25. The second kappa shape index (κ2) is 9.89. The Balaban J connectivity index is 1.82. The van der Waals surface area contributed by atoms with Gasteiger partial charge in [-0.2, -0.15) is 9.78 Å². The third kappa shape index (κ3) is 6.00. The van der Waals surface area contributed by atoms with Crippen LogP contribution in [-0.4, -0.2) is 32.4 Å². The predicted molar refractivity (Wildman–Crippen MR) is 130 cm³/mol. The fraction of sp³-hybridized carbons (Fsp3) is 0.417. The van der Waals surface area contributed by atoms with Gasteiger partial charge < -0.3 is 10.1 Å².